The molecular formula is C22H32O5. The van der Waals surface area contributed by atoms with E-state index in [1.165, 1.54) is 33.0 Å². The molecular weight excluding hydrogens is 344 g/mol. The van der Waals surface area contributed by atoms with E-state index in [0.717, 1.165) is 12.0 Å². The third kappa shape index (κ3) is 6.75. The lowest BCUT2D eigenvalue weighted by Crippen LogP contribution is -2.14. The molecule has 1 heterocycles. The highest BCUT2D eigenvalue weighted by Gasteiger charge is 2.50. The minimum Gasteiger partial charge on any atom is -0.493 e. The summed E-state index contributed by atoms with van der Waals surface area (Å²) in [5.74, 6) is 0.641. The van der Waals surface area contributed by atoms with E-state index in [1.807, 2.05) is 25.2 Å². The van der Waals surface area contributed by atoms with Gasteiger partial charge in [-0.1, -0.05) is 30.7 Å². The van der Waals surface area contributed by atoms with E-state index < -0.39 is 5.97 Å². The van der Waals surface area contributed by atoms with E-state index in [-0.39, 0.29) is 11.7 Å². The molecule has 0 aromatic carbocycles. The molecule has 5 heteroatoms. The highest BCUT2D eigenvalue weighted by molar-refractivity contribution is 5.83. The number of ether oxygens (including phenoxy) is 4. The molecule has 0 radical (unpaired) electrons. The van der Waals surface area contributed by atoms with Crippen LogP contribution in [0.2, 0.25) is 0 Å². The van der Waals surface area contributed by atoms with Crippen LogP contribution in [0, 0.1) is 5.92 Å². The standard InChI is InChI=1S/C22H32O5/c1-9-20-22(5,27-20)14-17(4)16(3)11-10-15(2)12-18(24-6)19(25-7)13-21(23)26-8/h9-13,17,20H,1,14H2,2-8H3/b15-10-,16-11+,18-12-,19-13+/t17-,20+,22+/m1/s1. The van der Waals surface area contributed by atoms with Gasteiger partial charge in [0.05, 0.1) is 33.0 Å². The van der Waals surface area contributed by atoms with E-state index in [9.17, 15) is 4.79 Å². The number of epoxide rings is 1. The lowest BCUT2D eigenvalue weighted by molar-refractivity contribution is -0.135. The maximum Gasteiger partial charge on any atom is 0.334 e. The molecule has 1 saturated heterocycles. The smallest absolute Gasteiger partial charge is 0.334 e. The first-order valence-corrected chi connectivity index (χ1v) is 8.95. The summed E-state index contributed by atoms with van der Waals surface area (Å²) in [4.78, 5) is 11.4. The average molecular weight is 376 g/mol. The fraction of sp³-hybridized carbons (Fsp3) is 0.500. The number of carbonyl (C=O) groups excluding carboxylic acids is 1. The molecule has 0 amide bonds. The average Bonchev–Trinajstić information content (AvgIpc) is 3.31. The van der Waals surface area contributed by atoms with Crippen molar-refractivity contribution < 1.29 is 23.7 Å². The molecule has 0 aromatic rings. The Morgan fingerprint density at radius 2 is 1.70 bits per heavy atom. The van der Waals surface area contributed by atoms with Gasteiger partial charge in [-0.15, -0.1) is 6.58 Å². The second-order valence-electron chi connectivity index (χ2n) is 6.96. The van der Waals surface area contributed by atoms with Crippen molar-refractivity contribution in [2.24, 2.45) is 5.92 Å². The monoisotopic (exact) mass is 376 g/mol. The lowest BCUT2D eigenvalue weighted by atomic mass is 9.89. The van der Waals surface area contributed by atoms with E-state index in [4.69, 9.17) is 14.2 Å². The Hall–Kier alpha value is -2.27. The molecule has 1 fully saturated rings. The zero-order valence-electron chi connectivity index (χ0n) is 17.5. The summed E-state index contributed by atoms with van der Waals surface area (Å²) in [6.45, 7) is 12.2. The Bertz CT molecular complexity index is 668. The van der Waals surface area contributed by atoms with Gasteiger partial charge in [-0.3, -0.25) is 0 Å². The van der Waals surface area contributed by atoms with Gasteiger partial charge in [0.2, 0.25) is 0 Å². The minimum absolute atomic E-state index is 0.0931. The Balaban J connectivity index is 2.87. The van der Waals surface area contributed by atoms with E-state index >= 15 is 0 Å². The van der Waals surface area contributed by atoms with Crippen LogP contribution in [0.3, 0.4) is 0 Å². The Morgan fingerprint density at radius 1 is 1.11 bits per heavy atom. The number of rotatable bonds is 10. The van der Waals surface area contributed by atoms with Crippen molar-refractivity contribution >= 4 is 5.97 Å². The van der Waals surface area contributed by atoms with Crippen LogP contribution in [-0.2, 0) is 23.7 Å². The zero-order valence-corrected chi connectivity index (χ0v) is 17.5. The van der Waals surface area contributed by atoms with Crippen molar-refractivity contribution in [3.05, 3.63) is 59.6 Å². The number of hydrogen-bond donors (Lipinski definition) is 0. The third-order valence-electron chi connectivity index (χ3n) is 4.74. The molecule has 1 aliphatic rings. The van der Waals surface area contributed by atoms with Crippen LogP contribution in [0.5, 0.6) is 0 Å². The molecule has 0 aromatic heterocycles. The molecule has 27 heavy (non-hydrogen) atoms. The number of allylic oxidation sites excluding steroid dienone is 5. The second-order valence-corrected chi connectivity index (χ2v) is 6.96. The van der Waals surface area contributed by atoms with Crippen LogP contribution in [0.1, 0.15) is 34.1 Å². The summed E-state index contributed by atoms with van der Waals surface area (Å²) >= 11 is 0. The van der Waals surface area contributed by atoms with Crippen molar-refractivity contribution in [2.75, 3.05) is 21.3 Å². The topological polar surface area (TPSA) is 57.3 Å². The van der Waals surface area contributed by atoms with Crippen LogP contribution in [0.25, 0.3) is 0 Å². The molecule has 0 unspecified atom stereocenters. The van der Waals surface area contributed by atoms with Gasteiger partial charge in [0.1, 0.15) is 6.10 Å². The summed E-state index contributed by atoms with van der Waals surface area (Å²) in [5, 5.41) is 0. The molecule has 1 aliphatic heterocycles. The van der Waals surface area contributed by atoms with Gasteiger partial charge in [0.25, 0.3) is 0 Å². The molecule has 0 aliphatic carbocycles. The molecule has 1 rings (SSSR count). The Morgan fingerprint density at radius 3 is 2.19 bits per heavy atom. The zero-order chi connectivity index (χ0) is 20.6. The maximum absolute atomic E-state index is 11.4. The SMILES string of the molecule is C=C[C@@H]1O[C@@]1(C)C[C@@H](C)/C(C)=C/C=C(C)\C=C(OC)\C(=C/C(=O)OC)OC. The molecule has 150 valence electrons. The number of hydrogen-bond acceptors (Lipinski definition) is 5. The van der Waals surface area contributed by atoms with Gasteiger partial charge in [0.15, 0.2) is 11.5 Å². The van der Waals surface area contributed by atoms with Crippen LogP contribution in [0.4, 0.5) is 0 Å². The summed E-state index contributed by atoms with van der Waals surface area (Å²) in [7, 11) is 4.31. The normalized spacial score (nSPS) is 24.9. The van der Waals surface area contributed by atoms with E-state index in [1.54, 1.807) is 0 Å². The maximum atomic E-state index is 11.4. The summed E-state index contributed by atoms with van der Waals surface area (Å²) in [6.07, 6.45) is 10.1. The van der Waals surface area contributed by atoms with Crippen LogP contribution in [-0.4, -0.2) is 39.0 Å². The number of carbonyl (C=O) groups is 1. The molecule has 5 nitrogen and oxygen atoms in total. The summed E-state index contributed by atoms with van der Waals surface area (Å²) in [6, 6.07) is 0. The van der Waals surface area contributed by atoms with Gasteiger partial charge >= 0.3 is 5.97 Å². The molecule has 0 saturated carbocycles. The molecule has 0 spiro atoms. The van der Waals surface area contributed by atoms with Crippen LogP contribution < -0.4 is 0 Å². The largest absolute Gasteiger partial charge is 0.493 e. The molecule has 0 N–H and O–H groups in total. The van der Waals surface area contributed by atoms with Gasteiger partial charge < -0.3 is 18.9 Å². The first kappa shape index (κ1) is 22.8. The minimum atomic E-state index is -0.505. The predicted molar refractivity (Wildman–Crippen MR) is 107 cm³/mol. The first-order chi connectivity index (χ1) is 12.7. The van der Waals surface area contributed by atoms with Gasteiger partial charge in [0, 0.05) is 0 Å². The van der Waals surface area contributed by atoms with Gasteiger partial charge in [-0.2, -0.15) is 0 Å². The van der Waals surface area contributed by atoms with Crippen molar-refractivity contribution in [1.82, 2.24) is 0 Å². The Kier molecular flexibility index (Phi) is 8.57. The predicted octanol–water partition coefficient (Wildman–Crippen LogP) is 4.48. The van der Waals surface area contributed by atoms with Crippen LogP contribution >= 0.6 is 0 Å². The fourth-order valence-corrected chi connectivity index (χ4v) is 2.80. The highest BCUT2D eigenvalue weighted by atomic mass is 16.6. The number of esters is 1. The quantitative estimate of drug-likeness (QED) is 0.140. The highest BCUT2D eigenvalue weighted by Crippen LogP contribution is 2.43. The van der Waals surface area contributed by atoms with Crippen molar-refractivity contribution in [1.29, 1.82) is 0 Å². The van der Waals surface area contributed by atoms with Crippen LogP contribution in [0.15, 0.2) is 59.6 Å². The van der Waals surface area contributed by atoms with Gasteiger partial charge in [-0.05, 0) is 44.8 Å². The van der Waals surface area contributed by atoms with Crippen molar-refractivity contribution in [3.8, 4) is 0 Å². The molecule has 3 atom stereocenters. The van der Waals surface area contributed by atoms with Crippen molar-refractivity contribution in [3.63, 3.8) is 0 Å². The van der Waals surface area contributed by atoms with E-state index in [0.29, 0.717) is 17.4 Å². The first-order valence-electron chi connectivity index (χ1n) is 8.95. The third-order valence-corrected chi connectivity index (χ3v) is 4.74. The van der Waals surface area contributed by atoms with Crippen molar-refractivity contribution in [2.45, 2.75) is 45.8 Å². The molecule has 0 bridgehead atoms. The summed E-state index contributed by atoms with van der Waals surface area (Å²) in [5.41, 5.74) is 2.13. The number of methoxy groups -OCH3 is 3. The fourth-order valence-electron chi connectivity index (χ4n) is 2.80. The Labute approximate surface area is 163 Å². The lowest BCUT2D eigenvalue weighted by Gasteiger charge is -2.15. The second kappa shape index (κ2) is 10.2. The summed E-state index contributed by atoms with van der Waals surface area (Å²) < 4.78 is 20.9. The van der Waals surface area contributed by atoms with E-state index in [2.05, 4.69) is 38.2 Å². The van der Waals surface area contributed by atoms with Gasteiger partial charge in [-0.25, -0.2) is 4.79 Å².